The smallest absolute Gasteiger partial charge is 0.364 e. The first-order chi connectivity index (χ1) is 18.9. The second-order valence-electron chi connectivity index (χ2n) is 9.46. The molecular weight excluding hydrogens is 542 g/mol. The van der Waals surface area contributed by atoms with Crippen LogP contribution in [0.1, 0.15) is 13.3 Å². The Labute approximate surface area is 228 Å². The summed E-state index contributed by atoms with van der Waals surface area (Å²) >= 11 is 0. The molecule has 16 heteroatoms. The molecule has 0 aliphatic carbocycles. The van der Waals surface area contributed by atoms with Crippen LogP contribution >= 0.6 is 0 Å². The van der Waals surface area contributed by atoms with Crippen molar-refractivity contribution in [1.29, 1.82) is 0 Å². The second kappa shape index (κ2) is 13.3. The van der Waals surface area contributed by atoms with E-state index in [0.29, 0.717) is 5.75 Å². The van der Waals surface area contributed by atoms with Crippen molar-refractivity contribution in [1.82, 2.24) is 5.32 Å². The fourth-order valence-electron chi connectivity index (χ4n) is 4.55. The number of carbonyl (C=O) groups excluding carboxylic acids is 1. The van der Waals surface area contributed by atoms with Crippen molar-refractivity contribution in [3.63, 3.8) is 0 Å². The van der Waals surface area contributed by atoms with Crippen molar-refractivity contribution in [3.8, 4) is 11.5 Å². The van der Waals surface area contributed by atoms with E-state index in [4.69, 9.17) is 23.7 Å². The number of aliphatic carboxylic acids is 1. The Morgan fingerprint density at radius 1 is 1.10 bits per heavy atom. The number of rotatable bonds is 11. The number of ether oxygens (including phenoxy) is 5. The Kier molecular flexibility index (Phi) is 10.6. The Hall–Kier alpha value is -2.64. The number of carboxylic acids is 1. The van der Waals surface area contributed by atoms with Gasteiger partial charge in [0.1, 0.15) is 54.2 Å². The number of benzene rings is 1. The van der Waals surface area contributed by atoms with E-state index in [2.05, 4.69) is 5.32 Å². The molecule has 2 fully saturated rings. The lowest BCUT2D eigenvalue weighted by Gasteiger charge is -2.49. The minimum Gasteiger partial charge on any atom is -0.497 e. The summed E-state index contributed by atoms with van der Waals surface area (Å²) in [5.41, 5.74) is 0. The van der Waals surface area contributed by atoms with E-state index in [-0.39, 0.29) is 5.75 Å². The molecule has 0 bridgehead atoms. The van der Waals surface area contributed by atoms with E-state index in [1.54, 1.807) is 12.1 Å². The number of amides is 1. The maximum absolute atomic E-state index is 12.5. The fraction of sp³-hybridized carbons (Fsp3) is 0.667. The van der Waals surface area contributed by atoms with Gasteiger partial charge in [-0.3, -0.25) is 4.79 Å². The lowest BCUT2D eigenvalue weighted by molar-refractivity contribution is -0.363. The monoisotopic (exact) mass is 577 g/mol. The SMILES string of the molecule is COc1ccc(OC2OC(CO)C(O)C(OC3(C(=O)O)CC(O)C(NC(C)=O)C(C(O)C(O)CO)O3)C2O)cc1. The lowest BCUT2D eigenvalue weighted by Crippen LogP contribution is -2.70. The number of nitrogens with one attached hydrogen (secondary N) is 1. The van der Waals surface area contributed by atoms with E-state index < -0.39 is 98.5 Å². The molecule has 1 aromatic carbocycles. The van der Waals surface area contributed by atoms with Crippen molar-refractivity contribution >= 4 is 11.9 Å². The van der Waals surface area contributed by atoms with Gasteiger partial charge in [-0.25, -0.2) is 4.79 Å². The minimum atomic E-state index is -2.87. The number of aliphatic hydroxyl groups is 7. The molecule has 0 spiro atoms. The van der Waals surface area contributed by atoms with Gasteiger partial charge in [0.25, 0.3) is 5.79 Å². The van der Waals surface area contributed by atoms with Gasteiger partial charge in [0, 0.05) is 13.3 Å². The molecule has 2 saturated heterocycles. The standard InChI is InChI=1S/C24H35NO15/c1-10(28)25-16-13(29)7-24(23(34)35,39-20(16)17(31)14(30)8-26)40-21-18(32)15(9-27)38-22(19(21)33)37-12-5-3-11(36-2)4-6-12/h3-6,13-22,26-27,29-33H,7-9H2,1-2H3,(H,25,28)(H,34,35). The first kappa shape index (κ1) is 31.9. The third kappa shape index (κ3) is 6.80. The average Bonchev–Trinajstić information content (AvgIpc) is 2.93. The van der Waals surface area contributed by atoms with Crippen LogP contribution in [0.3, 0.4) is 0 Å². The molecule has 9 N–H and O–H groups in total. The van der Waals surface area contributed by atoms with Crippen LogP contribution < -0.4 is 14.8 Å². The van der Waals surface area contributed by atoms with Crippen LogP contribution in [0.4, 0.5) is 0 Å². The first-order valence-electron chi connectivity index (χ1n) is 12.3. The zero-order chi connectivity index (χ0) is 29.8. The predicted octanol–water partition coefficient (Wildman–Crippen LogP) is -3.95. The lowest BCUT2D eigenvalue weighted by atomic mass is 9.88. The molecule has 2 heterocycles. The highest BCUT2D eigenvalue weighted by molar-refractivity contribution is 5.76. The molecule has 11 unspecified atom stereocenters. The summed E-state index contributed by atoms with van der Waals surface area (Å²) in [4.78, 5) is 24.2. The van der Waals surface area contributed by atoms with Gasteiger partial charge in [-0.2, -0.15) is 0 Å². The maximum Gasteiger partial charge on any atom is 0.364 e. The van der Waals surface area contributed by atoms with Crippen molar-refractivity contribution in [2.45, 2.75) is 80.3 Å². The average molecular weight is 578 g/mol. The molecule has 226 valence electrons. The molecule has 2 aliphatic rings. The van der Waals surface area contributed by atoms with Crippen LogP contribution in [0.25, 0.3) is 0 Å². The van der Waals surface area contributed by atoms with E-state index in [9.17, 15) is 50.4 Å². The van der Waals surface area contributed by atoms with Gasteiger partial charge in [-0.1, -0.05) is 0 Å². The summed E-state index contributed by atoms with van der Waals surface area (Å²) in [6.07, 6.45) is -17.0. The zero-order valence-electron chi connectivity index (χ0n) is 21.6. The molecule has 1 aromatic rings. The number of carbonyl (C=O) groups is 2. The summed E-state index contributed by atoms with van der Waals surface area (Å²) in [5, 5.41) is 84.6. The summed E-state index contributed by atoms with van der Waals surface area (Å²) in [7, 11) is 1.45. The molecule has 2 aliphatic heterocycles. The van der Waals surface area contributed by atoms with Crippen LogP contribution in [0.15, 0.2) is 24.3 Å². The van der Waals surface area contributed by atoms with Gasteiger partial charge in [-0.15, -0.1) is 0 Å². The molecule has 40 heavy (non-hydrogen) atoms. The summed E-state index contributed by atoms with van der Waals surface area (Å²) in [6.45, 7) is -0.694. The Bertz CT molecular complexity index is 995. The third-order valence-electron chi connectivity index (χ3n) is 6.65. The van der Waals surface area contributed by atoms with Crippen molar-refractivity contribution < 1.29 is 74.1 Å². The highest BCUT2D eigenvalue weighted by Gasteiger charge is 2.59. The second-order valence-corrected chi connectivity index (χ2v) is 9.46. The van der Waals surface area contributed by atoms with Crippen molar-refractivity contribution in [3.05, 3.63) is 24.3 Å². The number of methoxy groups -OCH3 is 1. The predicted molar refractivity (Wildman–Crippen MR) is 129 cm³/mol. The van der Waals surface area contributed by atoms with Crippen LogP contribution in [-0.2, 0) is 23.8 Å². The van der Waals surface area contributed by atoms with E-state index >= 15 is 0 Å². The van der Waals surface area contributed by atoms with Crippen molar-refractivity contribution in [2.75, 3.05) is 20.3 Å². The van der Waals surface area contributed by atoms with Gasteiger partial charge >= 0.3 is 5.97 Å². The topological polar surface area (TPSA) is 254 Å². The number of hydrogen-bond acceptors (Lipinski definition) is 14. The highest BCUT2D eigenvalue weighted by Crippen LogP contribution is 2.37. The van der Waals surface area contributed by atoms with Gasteiger partial charge in [0.2, 0.25) is 12.2 Å². The first-order valence-corrected chi connectivity index (χ1v) is 12.3. The molecule has 0 radical (unpaired) electrons. The summed E-state index contributed by atoms with van der Waals surface area (Å²) in [6, 6.07) is 4.59. The fourth-order valence-corrected chi connectivity index (χ4v) is 4.55. The Balaban J connectivity index is 1.93. The summed E-state index contributed by atoms with van der Waals surface area (Å²) in [5.74, 6) is -4.74. The van der Waals surface area contributed by atoms with Gasteiger partial charge in [-0.05, 0) is 24.3 Å². The summed E-state index contributed by atoms with van der Waals surface area (Å²) < 4.78 is 27.3. The number of carboxylic acid groups (broad SMARTS) is 1. The van der Waals surface area contributed by atoms with Crippen LogP contribution in [0, 0.1) is 0 Å². The Morgan fingerprint density at radius 2 is 1.73 bits per heavy atom. The maximum atomic E-state index is 12.5. The minimum absolute atomic E-state index is 0.174. The van der Waals surface area contributed by atoms with Crippen LogP contribution in [-0.4, -0.2) is 140 Å². The highest BCUT2D eigenvalue weighted by atomic mass is 16.8. The molecule has 0 saturated carbocycles. The number of hydrogen-bond donors (Lipinski definition) is 9. The molecule has 0 aromatic heterocycles. The van der Waals surface area contributed by atoms with Crippen LogP contribution in [0.2, 0.25) is 0 Å². The van der Waals surface area contributed by atoms with E-state index in [0.717, 1.165) is 6.92 Å². The molecular formula is C24H35NO15. The van der Waals surface area contributed by atoms with Gasteiger partial charge in [0.05, 0.1) is 32.5 Å². The third-order valence-corrected chi connectivity index (χ3v) is 6.65. The Morgan fingerprint density at radius 3 is 2.25 bits per heavy atom. The molecule has 1 amide bonds. The van der Waals surface area contributed by atoms with Crippen molar-refractivity contribution in [2.24, 2.45) is 0 Å². The normalized spacial score (nSPS) is 35.8. The van der Waals surface area contributed by atoms with E-state index in [1.165, 1.54) is 19.2 Å². The van der Waals surface area contributed by atoms with Gasteiger partial charge in [0.15, 0.2) is 0 Å². The largest absolute Gasteiger partial charge is 0.497 e. The zero-order valence-corrected chi connectivity index (χ0v) is 21.6. The van der Waals surface area contributed by atoms with Gasteiger partial charge < -0.3 is 69.9 Å². The molecule has 11 atom stereocenters. The molecule has 16 nitrogen and oxygen atoms in total. The van der Waals surface area contributed by atoms with E-state index in [1.807, 2.05) is 0 Å². The van der Waals surface area contributed by atoms with Crippen LogP contribution in [0.5, 0.6) is 11.5 Å². The number of aliphatic hydroxyl groups excluding tert-OH is 7. The molecule has 3 rings (SSSR count). The quantitative estimate of drug-likeness (QED) is 0.122.